The minimum absolute atomic E-state index is 0.0751. The van der Waals surface area contributed by atoms with Gasteiger partial charge >= 0.3 is 4.87 Å². The Balaban J connectivity index is 1.48. The number of thiazole rings is 1. The van der Waals surface area contributed by atoms with Gasteiger partial charge in [-0.2, -0.15) is 0 Å². The molecule has 2 aliphatic rings. The molecule has 3 aromatic carbocycles. The number of H-pyrrole nitrogens is 1. The molecule has 1 aromatic heterocycles. The van der Waals surface area contributed by atoms with Crippen LogP contribution in [0.4, 0.5) is 15.8 Å². The summed E-state index contributed by atoms with van der Waals surface area (Å²) < 4.78 is 19.7. The molecule has 2 amide bonds. The number of halogens is 2. The van der Waals surface area contributed by atoms with E-state index in [0.717, 1.165) is 45.7 Å². The fourth-order valence-electron chi connectivity index (χ4n) is 5.01. The predicted molar refractivity (Wildman–Crippen MR) is 148 cm³/mol. The van der Waals surface area contributed by atoms with Crippen molar-refractivity contribution in [3.63, 3.8) is 0 Å². The van der Waals surface area contributed by atoms with Gasteiger partial charge in [-0.25, -0.2) is 9.29 Å². The van der Waals surface area contributed by atoms with Gasteiger partial charge in [0.1, 0.15) is 23.4 Å². The standard InChI is InChI=1S/C27H17ClFN3O6S2/c28-14-3-1-2-13(10-14)12-38-19-9-8-17(32(36)37)11-18(19)20-21-23(39-24-22(20)40-27(35)30-24)26(34)31(25(21)33)16-6-4-15(29)5-7-16/h1-11,20-21,23H,12H2,(H,30,35)/t20-,21-,23+/m0/s1. The van der Waals surface area contributed by atoms with Gasteiger partial charge in [-0.1, -0.05) is 46.8 Å². The van der Waals surface area contributed by atoms with Gasteiger partial charge in [0.2, 0.25) is 11.8 Å². The molecule has 0 unspecified atom stereocenters. The first-order valence-electron chi connectivity index (χ1n) is 11.9. The smallest absolute Gasteiger partial charge is 0.305 e. The molecule has 0 spiro atoms. The average molecular weight is 598 g/mol. The number of anilines is 1. The van der Waals surface area contributed by atoms with E-state index in [1.54, 1.807) is 24.3 Å². The van der Waals surface area contributed by atoms with Crippen LogP contribution in [0.15, 0.2) is 76.6 Å². The summed E-state index contributed by atoms with van der Waals surface area (Å²) in [6.07, 6.45) is 0. The summed E-state index contributed by atoms with van der Waals surface area (Å²) in [5, 5.41) is 11.7. The lowest BCUT2D eigenvalue weighted by atomic mass is 9.82. The van der Waals surface area contributed by atoms with Gasteiger partial charge in [0.25, 0.3) is 5.69 Å². The number of imide groups is 1. The molecule has 0 aliphatic carbocycles. The summed E-state index contributed by atoms with van der Waals surface area (Å²) in [6, 6.07) is 16.0. The van der Waals surface area contributed by atoms with Crippen molar-refractivity contribution < 1.29 is 23.6 Å². The number of hydrogen-bond donors (Lipinski definition) is 1. The van der Waals surface area contributed by atoms with Gasteiger partial charge in [-0.05, 0) is 48.0 Å². The van der Waals surface area contributed by atoms with E-state index >= 15 is 0 Å². The van der Waals surface area contributed by atoms with Crippen LogP contribution in [-0.2, 0) is 16.2 Å². The Morgan fingerprint density at radius 2 is 1.82 bits per heavy atom. The third-order valence-electron chi connectivity index (χ3n) is 6.73. The molecule has 1 N–H and O–H groups in total. The molecule has 4 aromatic rings. The Bertz CT molecular complexity index is 1740. The maximum Gasteiger partial charge on any atom is 0.305 e. The van der Waals surface area contributed by atoms with Gasteiger partial charge in [0, 0.05) is 33.5 Å². The molecule has 40 heavy (non-hydrogen) atoms. The Hall–Kier alpha value is -4.00. The molecule has 0 radical (unpaired) electrons. The normalized spacial score (nSPS) is 19.9. The van der Waals surface area contributed by atoms with Crippen LogP contribution in [0, 0.1) is 21.8 Å². The van der Waals surface area contributed by atoms with Crippen molar-refractivity contribution in [1.82, 2.24) is 4.98 Å². The zero-order valence-corrected chi connectivity index (χ0v) is 22.6. The number of nitro benzene ring substituents is 1. The zero-order valence-electron chi connectivity index (χ0n) is 20.2. The van der Waals surface area contributed by atoms with Crippen LogP contribution in [0.2, 0.25) is 5.02 Å². The highest BCUT2D eigenvalue weighted by molar-refractivity contribution is 8.00. The number of thioether (sulfide) groups is 1. The number of carbonyl (C=O) groups excluding carboxylic acids is 2. The van der Waals surface area contributed by atoms with Crippen molar-refractivity contribution in [3.05, 3.63) is 113 Å². The molecule has 6 rings (SSSR count). The van der Waals surface area contributed by atoms with E-state index in [4.69, 9.17) is 16.3 Å². The molecular formula is C27H17ClFN3O6S2. The molecular weight excluding hydrogens is 581 g/mol. The van der Waals surface area contributed by atoms with Crippen LogP contribution in [-0.4, -0.2) is 27.0 Å². The zero-order chi connectivity index (χ0) is 28.1. The maximum atomic E-state index is 13.9. The van der Waals surface area contributed by atoms with E-state index in [2.05, 4.69) is 4.98 Å². The second-order valence-electron chi connectivity index (χ2n) is 9.14. The summed E-state index contributed by atoms with van der Waals surface area (Å²) in [6.45, 7) is 0.0751. The number of hydrogen-bond acceptors (Lipinski definition) is 8. The summed E-state index contributed by atoms with van der Waals surface area (Å²) >= 11 is 8.04. The fourth-order valence-corrected chi connectivity index (χ4v) is 7.73. The lowest BCUT2D eigenvalue weighted by molar-refractivity contribution is -0.385. The van der Waals surface area contributed by atoms with Crippen molar-refractivity contribution in [1.29, 1.82) is 0 Å². The highest BCUT2D eigenvalue weighted by atomic mass is 35.5. The minimum Gasteiger partial charge on any atom is -0.489 e. The van der Waals surface area contributed by atoms with E-state index < -0.39 is 39.6 Å². The van der Waals surface area contributed by atoms with Gasteiger partial charge in [-0.3, -0.25) is 24.5 Å². The highest BCUT2D eigenvalue weighted by Crippen LogP contribution is 2.55. The van der Waals surface area contributed by atoms with Crippen LogP contribution in [0.25, 0.3) is 0 Å². The Kier molecular flexibility index (Phi) is 6.69. The Labute approximate surface area is 238 Å². The average Bonchev–Trinajstić information content (AvgIpc) is 3.42. The van der Waals surface area contributed by atoms with E-state index in [-0.39, 0.29) is 28.6 Å². The predicted octanol–water partition coefficient (Wildman–Crippen LogP) is 5.51. The molecule has 1 saturated heterocycles. The number of aromatic amines is 1. The molecule has 13 heteroatoms. The number of nitrogens with one attached hydrogen (secondary N) is 1. The second-order valence-corrected chi connectivity index (χ2v) is 11.7. The Morgan fingerprint density at radius 3 is 2.55 bits per heavy atom. The summed E-state index contributed by atoms with van der Waals surface area (Å²) in [4.78, 5) is 54.9. The first-order valence-corrected chi connectivity index (χ1v) is 14.0. The summed E-state index contributed by atoms with van der Waals surface area (Å²) in [5.74, 6) is -3.25. The van der Waals surface area contributed by atoms with E-state index in [1.807, 2.05) is 0 Å². The number of non-ortho nitro benzene ring substituents is 1. The number of amides is 2. The van der Waals surface area contributed by atoms with Crippen LogP contribution in [0.1, 0.15) is 21.9 Å². The summed E-state index contributed by atoms with van der Waals surface area (Å²) in [5.41, 5.74) is 1.01. The molecule has 3 atom stereocenters. The number of benzene rings is 3. The van der Waals surface area contributed by atoms with E-state index in [1.165, 1.54) is 30.3 Å². The third kappa shape index (κ3) is 4.57. The lowest BCUT2D eigenvalue weighted by Gasteiger charge is -2.30. The molecule has 2 aliphatic heterocycles. The molecule has 1 fully saturated rings. The monoisotopic (exact) mass is 597 g/mol. The van der Waals surface area contributed by atoms with Crippen LogP contribution < -0.4 is 14.5 Å². The van der Waals surface area contributed by atoms with E-state index in [9.17, 15) is 28.9 Å². The molecule has 3 heterocycles. The number of rotatable bonds is 6. The SMILES string of the molecule is O=C1[C@H]2[C@H](c3cc([N+](=O)[O-])ccc3OCc3cccc(Cl)c3)c3sc(=O)[nH]c3S[C@H]2C(=O)N1c1ccc(F)cc1. The largest absolute Gasteiger partial charge is 0.489 e. The number of nitro groups is 1. The van der Waals surface area contributed by atoms with Crippen molar-refractivity contribution in [2.45, 2.75) is 22.8 Å². The third-order valence-corrected chi connectivity index (χ3v) is 9.37. The van der Waals surface area contributed by atoms with Gasteiger partial charge in [0.15, 0.2) is 0 Å². The first-order chi connectivity index (χ1) is 19.2. The topological polar surface area (TPSA) is 123 Å². The van der Waals surface area contributed by atoms with Crippen molar-refractivity contribution in [3.8, 4) is 5.75 Å². The van der Waals surface area contributed by atoms with Crippen LogP contribution in [0.3, 0.4) is 0 Å². The molecule has 0 bridgehead atoms. The Morgan fingerprint density at radius 1 is 1.05 bits per heavy atom. The number of aromatic nitrogens is 1. The lowest BCUT2D eigenvalue weighted by Crippen LogP contribution is -2.32. The van der Waals surface area contributed by atoms with Crippen LogP contribution >= 0.6 is 34.7 Å². The van der Waals surface area contributed by atoms with Crippen molar-refractivity contribution >= 4 is 57.9 Å². The fraction of sp³-hybridized carbons (Fsp3) is 0.148. The number of ether oxygens (including phenoxy) is 1. The quantitative estimate of drug-likeness (QED) is 0.177. The molecule has 202 valence electrons. The van der Waals surface area contributed by atoms with Gasteiger partial charge in [-0.15, -0.1) is 0 Å². The van der Waals surface area contributed by atoms with Gasteiger partial charge in [0.05, 0.1) is 21.6 Å². The minimum atomic E-state index is -1.00. The summed E-state index contributed by atoms with van der Waals surface area (Å²) in [7, 11) is 0. The van der Waals surface area contributed by atoms with Crippen LogP contribution in [0.5, 0.6) is 5.75 Å². The molecule has 0 saturated carbocycles. The number of fused-ring (bicyclic) bond motifs is 2. The second kappa shape index (κ2) is 10.2. The van der Waals surface area contributed by atoms with E-state index in [0.29, 0.717) is 20.5 Å². The van der Waals surface area contributed by atoms with Gasteiger partial charge < -0.3 is 9.72 Å². The number of nitrogens with zero attached hydrogens (tertiary/aromatic N) is 2. The first kappa shape index (κ1) is 26.2. The van der Waals surface area contributed by atoms with Crippen molar-refractivity contribution in [2.75, 3.05) is 4.90 Å². The maximum absolute atomic E-state index is 13.9. The highest BCUT2D eigenvalue weighted by Gasteiger charge is 2.57. The molecule has 9 nitrogen and oxygen atoms in total. The number of carbonyl (C=O) groups is 2. The van der Waals surface area contributed by atoms with Crippen molar-refractivity contribution in [2.24, 2.45) is 5.92 Å².